The van der Waals surface area contributed by atoms with Crippen LogP contribution in [0.5, 0.6) is 0 Å². The van der Waals surface area contributed by atoms with E-state index < -0.39 is 136 Å². The zero-order chi connectivity index (χ0) is 78.7. The van der Waals surface area contributed by atoms with Crippen molar-refractivity contribution in [2.75, 3.05) is 52.5 Å². The predicted molar refractivity (Wildman–Crippen MR) is 389 cm³/mol. The molecular formula is C76H94F14N6O9S2. The van der Waals surface area contributed by atoms with Gasteiger partial charge in [-0.3, -0.25) is 24.0 Å². The number of pyridine rings is 2. The van der Waals surface area contributed by atoms with Crippen LogP contribution < -0.4 is 22.2 Å². The van der Waals surface area contributed by atoms with Gasteiger partial charge in [-0.1, -0.05) is 52.0 Å². The maximum Gasteiger partial charge on any atom is 0.419 e. The fourth-order valence-corrected chi connectivity index (χ4v) is 12.6. The first-order valence-electron chi connectivity index (χ1n) is 34.4. The highest BCUT2D eigenvalue weighted by atomic mass is 32.1. The molecule has 107 heavy (non-hydrogen) atoms. The minimum Gasteiger partial charge on any atom is -0.480 e. The summed E-state index contributed by atoms with van der Waals surface area (Å²) in [7, 11) is 0. The van der Waals surface area contributed by atoms with Crippen LogP contribution in [0.25, 0.3) is 22.3 Å². The second kappa shape index (κ2) is 38.6. The smallest absolute Gasteiger partial charge is 0.419 e. The van der Waals surface area contributed by atoms with Crippen molar-refractivity contribution in [1.82, 2.24) is 24.3 Å². The summed E-state index contributed by atoms with van der Waals surface area (Å²) in [6.07, 6.45) is -16.6. The molecule has 0 saturated carbocycles. The summed E-state index contributed by atoms with van der Waals surface area (Å²) >= 11 is 0. The molecule has 0 aliphatic carbocycles. The fraction of sp³-hybridized carbons (Fsp3) is 0.500. The molecule has 4 aromatic carbocycles. The number of ether oxygens (including phenoxy) is 2. The van der Waals surface area contributed by atoms with E-state index in [2.05, 4.69) is 5.32 Å². The minimum atomic E-state index is -5.17. The number of aliphatic carboxylic acids is 1. The average Bonchev–Trinajstić information content (AvgIpc) is 0.772. The van der Waals surface area contributed by atoms with Crippen LogP contribution in [0.4, 0.5) is 61.5 Å². The third kappa shape index (κ3) is 24.1. The normalized spacial score (nSPS) is 14.5. The van der Waals surface area contributed by atoms with Crippen LogP contribution in [-0.4, -0.2) is 100 Å². The lowest BCUT2D eigenvalue weighted by atomic mass is 9.88. The number of carbonyl (C=O) groups excluding carboxylic acids is 3. The van der Waals surface area contributed by atoms with Gasteiger partial charge in [0.15, 0.2) is 0 Å². The van der Waals surface area contributed by atoms with E-state index in [1.165, 1.54) is 13.0 Å². The molecule has 4 N–H and O–H groups in total. The number of amides is 1. The van der Waals surface area contributed by atoms with E-state index in [0.29, 0.717) is 53.5 Å². The average molecular weight is 1570 g/mol. The maximum atomic E-state index is 16.1. The lowest BCUT2D eigenvalue weighted by Crippen LogP contribution is -2.41. The molecule has 592 valence electrons. The Kier molecular flexibility index (Phi) is 33.0. The highest BCUT2D eigenvalue weighted by Crippen LogP contribution is 2.43. The summed E-state index contributed by atoms with van der Waals surface area (Å²) < 4.78 is 208. The third-order valence-electron chi connectivity index (χ3n) is 18.6. The van der Waals surface area contributed by atoms with Gasteiger partial charge in [-0.25, -0.2) is 13.6 Å². The number of nitrogens with two attached hydrogens (primary N) is 1. The summed E-state index contributed by atoms with van der Waals surface area (Å²) in [5, 5.41) is 11.9. The first-order valence-corrected chi connectivity index (χ1v) is 34.4. The van der Waals surface area contributed by atoms with Gasteiger partial charge in [-0.05, 0) is 223 Å². The molecule has 2 fully saturated rings. The van der Waals surface area contributed by atoms with Crippen LogP contribution in [0, 0.1) is 65.0 Å². The van der Waals surface area contributed by atoms with Gasteiger partial charge in [0.25, 0.3) is 11.1 Å². The van der Waals surface area contributed by atoms with Crippen LogP contribution in [0.3, 0.4) is 0 Å². The van der Waals surface area contributed by atoms with E-state index >= 15 is 4.39 Å². The van der Waals surface area contributed by atoms with E-state index in [1.54, 1.807) is 87.4 Å². The maximum absolute atomic E-state index is 16.1. The summed E-state index contributed by atoms with van der Waals surface area (Å²) in [5.74, 6) is -7.36. The van der Waals surface area contributed by atoms with Crippen molar-refractivity contribution in [3.63, 3.8) is 0 Å². The Hall–Kier alpha value is -7.74. The van der Waals surface area contributed by atoms with Crippen molar-refractivity contribution in [2.24, 2.45) is 17.6 Å². The zero-order valence-corrected chi connectivity index (χ0v) is 63.6. The lowest BCUT2D eigenvalue weighted by Gasteiger charge is -2.31. The third-order valence-corrected chi connectivity index (χ3v) is 18.6. The second-order valence-electron chi connectivity index (χ2n) is 27.4. The molecule has 2 aliphatic rings. The van der Waals surface area contributed by atoms with Gasteiger partial charge in [0.2, 0.25) is 5.91 Å². The first-order chi connectivity index (χ1) is 48.8. The number of carboxylic acids is 1. The molecular weight excluding hydrogens is 1470 g/mol. The SMILES string of the molecule is CC(C)CC(C(=O)O)n1cc(CCN2CCC2)c(C(F)(F)F)cc1=O.CCOC(=O)C[C@H](N)c1cc(-c2c(C)ccc(C)c2C)cc(C(F)(F)F)c1F.CCOC(=O)C[C@H](NC(=O)C(CC(C)C)n1cc(CCN2CCC2)c(C(F)(F)F)cc1=O)c1cc(-c2c(C)ccc(C)c2C)cc(C(F)(F)F)c1F.S.S. The van der Waals surface area contributed by atoms with Gasteiger partial charge in [0, 0.05) is 54.8 Å². The lowest BCUT2D eigenvalue weighted by molar-refractivity contribution is -0.145. The molecule has 0 spiro atoms. The van der Waals surface area contributed by atoms with Crippen LogP contribution in [-0.2, 0) is 66.2 Å². The number of hydrogen-bond acceptors (Lipinski definition) is 11. The molecule has 15 nitrogen and oxygen atoms in total. The van der Waals surface area contributed by atoms with E-state index in [9.17, 15) is 90.9 Å². The number of nitrogens with one attached hydrogen (secondary N) is 1. The van der Waals surface area contributed by atoms with Gasteiger partial charge in [0.1, 0.15) is 23.7 Å². The van der Waals surface area contributed by atoms with Gasteiger partial charge in [-0.15, -0.1) is 0 Å². The molecule has 0 radical (unpaired) electrons. The minimum absolute atomic E-state index is 0. The summed E-state index contributed by atoms with van der Waals surface area (Å²) in [6.45, 7) is 24.6. The Morgan fingerprint density at radius 3 is 1.23 bits per heavy atom. The monoisotopic (exact) mass is 1560 g/mol. The molecule has 31 heteroatoms. The number of benzene rings is 4. The Bertz CT molecular complexity index is 4220. The molecule has 2 aliphatic heterocycles. The van der Waals surface area contributed by atoms with E-state index in [0.717, 1.165) is 94.9 Å². The van der Waals surface area contributed by atoms with E-state index in [-0.39, 0.29) is 106 Å². The Labute approximate surface area is 626 Å². The molecule has 2 saturated heterocycles. The van der Waals surface area contributed by atoms with E-state index in [4.69, 9.17) is 15.2 Å². The summed E-state index contributed by atoms with van der Waals surface area (Å²) in [6, 6.07) is 6.46. The standard InChI is InChI=1S/C38H44F7N3O4.C21H23F4NO2.C17H23F3N2O3.2H2S/c1-7-52-33(50)19-30(27-16-26(17-29(35(27)39)38(43,44)45)34-23(5)10-9-22(4)24(34)6)46-36(51)31(15-21(2)3)48-20-25(11-14-47-12-8-13-47)28(18-32(48)49)37(40,41)42;1-5-28-18(27)10-17(26)15-8-14(9-16(20(15)22)21(23,24)25)19-12(3)7-6-11(2)13(19)4;1-11(2)8-14(16(24)25)22-10-12(4-7-21-5-3-6-21)13(9-15(22)23)17(18,19)20;;/h9-10,16-18,20-21,30-31H,7-8,11-15,19H2,1-6H3,(H,46,51);6-9,17H,5,10,26H2,1-4H3;9-11,14H,3-8H2,1-2H3,(H,24,25);2*1H2/t30-,31?;17-;;;/m00.../s1. The molecule has 4 atom stereocenters. The van der Waals surface area contributed by atoms with Crippen molar-refractivity contribution >= 4 is 50.8 Å². The Morgan fingerprint density at radius 2 is 0.879 bits per heavy atom. The van der Waals surface area contributed by atoms with Crippen molar-refractivity contribution < 1.29 is 95.2 Å². The molecule has 2 aromatic heterocycles. The van der Waals surface area contributed by atoms with Crippen LogP contribution >= 0.6 is 27.0 Å². The van der Waals surface area contributed by atoms with Crippen LogP contribution in [0.15, 0.2) is 82.6 Å². The van der Waals surface area contributed by atoms with Gasteiger partial charge < -0.3 is 44.6 Å². The number of carbonyl (C=O) groups is 4. The van der Waals surface area contributed by atoms with Gasteiger partial charge in [0.05, 0.1) is 54.4 Å². The number of halogens is 14. The van der Waals surface area contributed by atoms with Crippen molar-refractivity contribution in [3.8, 4) is 22.3 Å². The van der Waals surface area contributed by atoms with Crippen molar-refractivity contribution in [1.29, 1.82) is 0 Å². The molecule has 0 bridgehead atoms. The fourth-order valence-electron chi connectivity index (χ4n) is 12.6. The molecule has 6 aromatic rings. The second-order valence-corrected chi connectivity index (χ2v) is 27.4. The van der Waals surface area contributed by atoms with Crippen LogP contribution in [0.2, 0.25) is 0 Å². The quantitative estimate of drug-likeness (QED) is 0.0363. The summed E-state index contributed by atoms with van der Waals surface area (Å²) in [5.41, 5.74) is 3.12. The number of alkyl halides is 12. The Balaban J connectivity index is 0.000000371. The number of aryl methyl sites for hydroxylation is 4. The van der Waals surface area contributed by atoms with E-state index in [1.807, 2.05) is 22.8 Å². The Morgan fingerprint density at radius 1 is 0.523 bits per heavy atom. The highest BCUT2D eigenvalue weighted by molar-refractivity contribution is 7.59. The predicted octanol–water partition coefficient (Wildman–Crippen LogP) is 16.7. The summed E-state index contributed by atoms with van der Waals surface area (Å²) in [4.78, 5) is 79.6. The molecule has 4 heterocycles. The van der Waals surface area contributed by atoms with Crippen molar-refractivity contribution in [3.05, 3.63) is 183 Å². The molecule has 8 rings (SSSR count). The van der Waals surface area contributed by atoms with Gasteiger partial charge in [-0.2, -0.15) is 79.7 Å². The number of aromatic nitrogens is 2. The number of nitrogens with zero attached hydrogens (tertiary/aromatic N) is 4. The number of carboxylic acid groups (broad SMARTS) is 1. The number of rotatable bonds is 25. The van der Waals surface area contributed by atoms with Crippen LogP contribution in [0.1, 0.15) is 182 Å². The first kappa shape index (κ1) is 91.6. The number of hydrogen-bond donors (Lipinski definition) is 3. The zero-order valence-electron chi connectivity index (χ0n) is 61.6. The number of likely N-dealkylation sites (tertiary alicyclic amines) is 2. The van der Waals surface area contributed by atoms with Crippen molar-refractivity contribution in [2.45, 2.75) is 183 Å². The molecule has 2 unspecified atom stereocenters. The number of esters is 2. The largest absolute Gasteiger partial charge is 0.480 e. The topological polar surface area (TPSA) is 196 Å². The molecule has 1 amide bonds. The van der Waals surface area contributed by atoms with Gasteiger partial charge >= 0.3 is 42.6 Å². The highest BCUT2D eigenvalue weighted by Gasteiger charge is 2.42.